The Morgan fingerprint density at radius 1 is 1.04 bits per heavy atom. The van der Waals surface area contributed by atoms with Gasteiger partial charge in [0.1, 0.15) is 5.75 Å². The number of hydrogen-bond acceptors (Lipinski definition) is 3. The third kappa shape index (κ3) is 5.06. The second kappa shape index (κ2) is 9.56. The van der Waals surface area contributed by atoms with E-state index in [1.54, 1.807) is 7.11 Å². The molecule has 0 radical (unpaired) electrons. The SMILES string of the molecule is COc1ccc(C2=CC(=C3C=CC=C3)[N-]C(N)=N2)cc1.[Fe+2].c1cc[cH-]c1. The minimum Gasteiger partial charge on any atom is -0.497 e. The molecule has 4 nitrogen and oxygen atoms in total. The first-order chi connectivity index (χ1) is 12.3. The maximum absolute atomic E-state index is 5.81. The van der Waals surface area contributed by atoms with Crippen molar-refractivity contribution < 1.29 is 21.8 Å². The number of aliphatic imine (C=N–C) groups is 1. The van der Waals surface area contributed by atoms with Crippen LogP contribution in [-0.4, -0.2) is 13.1 Å². The van der Waals surface area contributed by atoms with Crippen molar-refractivity contribution in [3.05, 3.63) is 107 Å². The van der Waals surface area contributed by atoms with Crippen LogP contribution >= 0.6 is 0 Å². The first-order valence-electron chi connectivity index (χ1n) is 7.94. The molecule has 2 aromatic rings. The third-order valence-corrected chi connectivity index (χ3v) is 3.64. The van der Waals surface area contributed by atoms with E-state index in [9.17, 15) is 0 Å². The van der Waals surface area contributed by atoms with Gasteiger partial charge in [-0.1, -0.05) is 36.4 Å². The van der Waals surface area contributed by atoms with Crippen LogP contribution in [0.5, 0.6) is 5.75 Å². The van der Waals surface area contributed by atoms with E-state index in [4.69, 9.17) is 10.5 Å². The average molecular weight is 385 g/mol. The van der Waals surface area contributed by atoms with Crippen molar-refractivity contribution in [1.29, 1.82) is 0 Å². The standard InChI is InChI=1S/C16H14N3O.C5H5.Fe/c1-20-13-8-6-12(7-9-13)15-10-14(18-16(17)19-15)11-4-2-3-5-11;1-2-4-5-3-1;/h2-10H,1H3,(H2-,17,18,19);1-5H;/q2*-1;+2. The van der Waals surface area contributed by atoms with Crippen molar-refractivity contribution >= 4 is 11.7 Å². The van der Waals surface area contributed by atoms with Crippen molar-refractivity contribution in [2.24, 2.45) is 10.7 Å². The van der Waals surface area contributed by atoms with Crippen LogP contribution in [0.3, 0.4) is 0 Å². The molecule has 0 amide bonds. The number of guanidine groups is 1. The fourth-order valence-electron chi connectivity index (χ4n) is 2.39. The molecular formula is C21H19FeN3O. The summed E-state index contributed by atoms with van der Waals surface area (Å²) in [6.45, 7) is 0. The van der Waals surface area contributed by atoms with E-state index in [0.29, 0.717) is 0 Å². The van der Waals surface area contributed by atoms with Crippen LogP contribution in [-0.2, 0) is 17.1 Å². The fourth-order valence-corrected chi connectivity index (χ4v) is 2.39. The number of ether oxygens (including phenoxy) is 1. The number of benzene rings is 1. The molecule has 5 heteroatoms. The summed E-state index contributed by atoms with van der Waals surface area (Å²) in [5.74, 6) is 1.08. The van der Waals surface area contributed by atoms with Crippen LogP contribution in [0, 0.1) is 0 Å². The maximum Gasteiger partial charge on any atom is 2.00 e. The normalized spacial score (nSPS) is 14.5. The van der Waals surface area contributed by atoms with Gasteiger partial charge in [0, 0.05) is 17.4 Å². The van der Waals surface area contributed by atoms with Gasteiger partial charge in [-0.05, 0) is 29.3 Å². The Hall–Kier alpha value is -2.88. The predicted molar refractivity (Wildman–Crippen MR) is 103 cm³/mol. The van der Waals surface area contributed by atoms with Crippen LogP contribution in [0.2, 0.25) is 0 Å². The minimum absolute atomic E-state index is 0. The van der Waals surface area contributed by atoms with E-state index >= 15 is 0 Å². The Morgan fingerprint density at radius 2 is 1.69 bits per heavy atom. The Labute approximate surface area is 164 Å². The van der Waals surface area contributed by atoms with Crippen molar-refractivity contribution in [3.63, 3.8) is 0 Å². The molecule has 0 unspecified atom stereocenters. The van der Waals surface area contributed by atoms with E-state index in [-0.39, 0.29) is 23.0 Å². The summed E-state index contributed by atoms with van der Waals surface area (Å²) < 4.78 is 5.15. The fraction of sp³-hybridized carbons (Fsp3) is 0.0476. The quantitative estimate of drug-likeness (QED) is 0.610. The maximum atomic E-state index is 5.81. The molecule has 0 fully saturated rings. The first-order valence-corrected chi connectivity index (χ1v) is 7.94. The zero-order valence-electron chi connectivity index (χ0n) is 14.3. The third-order valence-electron chi connectivity index (χ3n) is 3.64. The number of rotatable bonds is 2. The molecule has 4 rings (SSSR count). The summed E-state index contributed by atoms with van der Waals surface area (Å²) in [6, 6.07) is 17.7. The molecule has 26 heavy (non-hydrogen) atoms. The van der Waals surface area contributed by atoms with Crippen LogP contribution in [0.15, 0.2) is 101 Å². The van der Waals surface area contributed by atoms with Crippen LogP contribution in [0.1, 0.15) is 5.56 Å². The van der Waals surface area contributed by atoms with E-state index in [2.05, 4.69) is 10.3 Å². The zero-order valence-corrected chi connectivity index (χ0v) is 15.4. The van der Waals surface area contributed by atoms with Gasteiger partial charge in [0.2, 0.25) is 0 Å². The van der Waals surface area contributed by atoms with Gasteiger partial charge in [-0.3, -0.25) is 0 Å². The van der Waals surface area contributed by atoms with Gasteiger partial charge in [0.25, 0.3) is 0 Å². The van der Waals surface area contributed by atoms with Crippen LogP contribution in [0.4, 0.5) is 0 Å². The Morgan fingerprint density at radius 3 is 2.23 bits per heavy atom. The second-order valence-corrected chi connectivity index (χ2v) is 5.36. The van der Waals surface area contributed by atoms with Gasteiger partial charge in [0.05, 0.1) is 7.11 Å². The van der Waals surface area contributed by atoms with Gasteiger partial charge in [-0.25, -0.2) is 12.1 Å². The average Bonchev–Trinajstić information content (AvgIpc) is 3.37. The predicted octanol–water partition coefficient (Wildman–Crippen LogP) is 4.52. The Balaban J connectivity index is 0.000000351. The molecule has 1 aliphatic carbocycles. The summed E-state index contributed by atoms with van der Waals surface area (Å²) in [5, 5.41) is 4.28. The van der Waals surface area contributed by atoms with Gasteiger partial charge in [0.15, 0.2) is 0 Å². The number of methoxy groups -OCH3 is 1. The largest absolute Gasteiger partial charge is 2.00 e. The molecule has 2 N–H and O–H groups in total. The number of nitrogens with two attached hydrogens (primary N) is 1. The summed E-state index contributed by atoms with van der Waals surface area (Å²) in [6.07, 6.45) is 9.88. The van der Waals surface area contributed by atoms with E-state index in [0.717, 1.165) is 28.3 Å². The van der Waals surface area contributed by atoms with E-state index in [1.807, 2.05) is 85.0 Å². The monoisotopic (exact) mass is 385 g/mol. The molecule has 132 valence electrons. The second-order valence-electron chi connectivity index (χ2n) is 5.36. The number of nitrogens with zero attached hydrogens (tertiary/aromatic N) is 2. The smallest absolute Gasteiger partial charge is 0.497 e. The summed E-state index contributed by atoms with van der Waals surface area (Å²) in [5.41, 5.74) is 9.46. The van der Waals surface area contributed by atoms with Gasteiger partial charge < -0.3 is 20.8 Å². The van der Waals surface area contributed by atoms with Crippen LogP contribution < -0.4 is 10.5 Å². The molecular weight excluding hydrogens is 366 g/mol. The van der Waals surface area contributed by atoms with Gasteiger partial charge >= 0.3 is 17.1 Å². The van der Waals surface area contributed by atoms with E-state index < -0.39 is 0 Å². The van der Waals surface area contributed by atoms with Crippen molar-refractivity contribution in [2.75, 3.05) is 7.11 Å². The van der Waals surface area contributed by atoms with Gasteiger partial charge in [-0.15, -0.1) is 0 Å². The molecule has 1 aliphatic heterocycles. The topological polar surface area (TPSA) is 61.7 Å². The number of hydrogen-bond donors (Lipinski definition) is 1. The molecule has 0 spiro atoms. The summed E-state index contributed by atoms with van der Waals surface area (Å²) in [7, 11) is 1.64. The Kier molecular flexibility index (Phi) is 7.15. The van der Waals surface area contributed by atoms with Gasteiger partial charge in [-0.2, -0.15) is 18.2 Å². The molecule has 0 saturated carbocycles. The molecule has 0 bridgehead atoms. The van der Waals surface area contributed by atoms with Crippen LogP contribution in [0.25, 0.3) is 11.0 Å². The molecule has 0 atom stereocenters. The molecule has 2 aliphatic rings. The van der Waals surface area contributed by atoms with Crippen molar-refractivity contribution in [2.45, 2.75) is 0 Å². The number of allylic oxidation sites excluding steroid dienone is 6. The summed E-state index contributed by atoms with van der Waals surface area (Å²) >= 11 is 0. The molecule has 2 aromatic carbocycles. The van der Waals surface area contributed by atoms with Crippen molar-refractivity contribution in [3.8, 4) is 5.75 Å². The molecule has 0 aromatic heterocycles. The molecule has 1 heterocycles. The van der Waals surface area contributed by atoms with E-state index in [1.165, 1.54) is 0 Å². The Bertz CT molecular complexity index is 826. The van der Waals surface area contributed by atoms with Crippen molar-refractivity contribution in [1.82, 2.24) is 0 Å². The zero-order chi connectivity index (χ0) is 17.5. The minimum atomic E-state index is 0. The molecule has 0 saturated heterocycles. The summed E-state index contributed by atoms with van der Waals surface area (Å²) in [4.78, 5) is 4.30. The first kappa shape index (κ1) is 19.4.